The Morgan fingerprint density at radius 3 is 2.14 bits per heavy atom. The van der Waals surface area contributed by atoms with Gasteiger partial charge in [0, 0.05) is 11.4 Å². The topological polar surface area (TPSA) is 42.2 Å². The summed E-state index contributed by atoms with van der Waals surface area (Å²) in [4.78, 5) is 11.3. The maximum atomic E-state index is 11.3. The molecule has 3 heteroatoms. The van der Waals surface area contributed by atoms with Crippen LogP contribution >= 0.6 is 0 Å². The molecule has 1 aromatic rings. The van der Waals surface area contributed by atoms with Crippen molar-refractivity contribution in [1.82, 2.24) is 4.57 Å². The van der Waals surface area contributed by atoms with Gasteiger partial charge in [-0.15, -0.1) is 0 Å². The lowest BCUT2D eigenvalue weighted by Crippen LogP contribution is -2.48. The molecule has 0 bridgehead atoms. The lowest BCUT2D eigenvalue weighted by atomic mass is 9.76. The van der Waals surface area contributed by atoms with Gasteiger partial charge in [0.2, 0.25) is 0 Å². The van der Waals surface area contributed by atoms with Gasteiger partial charge in [-0.05, 0) is 45.2 Å². The predicted octanol–water partition coefficient (Wildman–Crippen LogP) is 2.07. The van der Waals surface area contributed by atoms with Crippen LogP contribution in [0, 0.1) is 13.8 Å². The van der Waals surface area contributed by atoms with E-state index >= 15 is 0 Å². The number of aliphatic carboxylic acids is 1. The molecule has 0 aromatic carbocycles. The number of carboxylic acids is 1. The van der Waals surface area contributed by atoms with Gasteiger partial charge in [0.25, 0.3) is 0 Å². The van der Waals surface area contributed by atoms with Crippen molar-refractivity contribution in [3.05, 3.63) is 23.5 Å². The summed E-state index contributed by atoms with van der Waals surface area (Å²) in [5, 5.41) is 9.28. The molecule has 0 amide bonds. The SMILES string of the molecule is Cc1ccc(C)n1C1(C(=O)O)CCC1. The molecule has 3 nitrogen and oxygen atoms in total. The number of rotatable bonds is 2. The van der Waals surface area contributed by atoms with Crippen molar-refractivity contribution < 1.29 is 9.90 Å². The van der Waals surface area contributed by atoms with E-state index in [1.54, 1.807) is 0 Å². The second-order valence-corrected chi connectivity index (χ2v) is 4.14. The summed E-state index contributed by atoms with van der Waals surface area (Å²) in [6.07, 6.45) is 2.54. The van der Waals surface area contributed by atoms with Crippen LogP contribution in [0.5, 0.6) is 0 Å². The second-order valence-electron chi connectivity index (χ2n) is 4.14. The molecule has 2 rings (SSSR count). The fourth-order valence-corrected chi connectivity index (χ4v) is 2.39. The average Bonchev–Trinajstić information content (AvgIpc) is 2.33. The molecule has 1 N–H and O–H groups in total. The quantitative estimate of drug-likeness (QED) is 0.781. The van der Waals surface area contributed by atoms with Crippen molar-refractivity contribution in [1.29, 1.82) is 0 Å². The third kappa shape index (κ3) is 1.01. The third-order valence-corrected chi connectivity index (χ3v) is 3.28. The van der Waals surface area contributed by atoms with Crippen molar-refractivity contribution in [2.24, 2.45) is 0 Å². The van der Waals surface area contributed by atoms with Crippen LogP contribution in [0.25, 0.3) is 0 Å². The number of hydrogen-bond acceptors (Lipinski definition) is 1. The molecule has 1 aliphatic rings. The van der Waals surface area contributed by atoms with E-state index in [4.69, 9.17) is 0 Å². The summed E-state index contributed by atoms with van der Waals surface area (Å²) in [7, 11) is 0. The Bertz CT molecular complexity index is 355. The van der Waals surface area contributed by atoms with E-state index in [0.717, 1.165) is 30.7 Å². The van der Waals surface area contributed by atoms with Crippen LogP contribution in [-0.4, -0.2) is 15.6 Å². The van der Waals surface area contributed by atoms with E-state index < -0.39 is 11.5 Å². The summed E-state index contributed by atoms with van der Waals surface area (Å²) in [6, 6.07) is 3.97. The maximum Gasteiger partial charge on any atom is 0.329 e. The molecule has 1 heterocycles. The van der Waals surface area contributed by atoms with Gasteiger partial charge in [0.1, 0.15) is 5.54 Å². The number of carbonyl (C=O) groups is 1. The number of carboxylic acid groups (broad SMARTS) is 1. The molecule has 0 aliphatic heterocycles. The van der Waals surface area contributed by atoms with E-state index in [0.29, 0.717) is 0 Å². The summed E-state index contributed by atoms with van der Waals surface area (Å²) < 4.78 is 1.97. The molecule has 0 spiro atoms. The van der Waals surface area contributed by atoms with Gasteiger partial charge in [-0.2, -0.15) is 0 Å². The Morgan fingerprint density at radius 1 is 1.36 bits per heavy atom. The summed E-state index contributed by atoms with van der Waals surface area (Å²) in [5.74, 6) is -0.689. The molecule has 0 saturated heterocycles. The van der Waals surface area contributed by atoms with Crippen LogP contribution in [0.1, 0.15) is 30.7 Å². The highest BCUT2D eigenvalue weighted by Gasteiger charge is 2.47. The van der Waals surface area contributed by atoms with Crippen molar-refractivity contribution in [3.63, 3.8) is 0 Å². The van der Waals surface area contributed by atoms with E-state index in [9.17, 15) is 9.90 Å². The van der Waals surface area contributed by atoms with Crippen LogP contribution < -0.4 is 0 Å². The summed E-state index contributed by atoms with van der Waals surface area (Å²) in [6.45, 7) is 3.94. The van der Waals surface area contributed by atoms with Crippen molar-refractivity contribution in [2.75, 3.05) is 0 Å². The Kier molecular flexibility index (Phi) is 1.91. The average molecular weight is 193 g/mol. The molecule has 1 fully saturated rings. The molecule has 14 heavy (non-hydrogen) atoms. The van der Waals surface area contributed by atoms with Crippen LogP contribution in [0.3, 0.4) is 0 Å². The Labute approximate surface area is 83.4 Å². The van der Waals surface area contributed by atoms with Gasteiger partial charge in [-0.1, -0.05) is 0 Å². The largest absolute Gasteiger partial charge is 0.479 e. The monoisotopic (exact) mass is 193 g/mol. The zero-order chi connectivity index (χ0) is 10.3. The minimum absolute atomic E-state index is 0.641. The first kappa shape index (κ1) is 9.31. The van der Waals surface area contributed by atoms with Gasteiger partial charge >= 0.3 is 5.97 Å². The van der Waals surface area contributed by atoms with E-state index in [2.05, 4.69) is 0 Å². The fraction of sp³-hybridized carbons (Fsp3) is 0.545. The van der Waals surface area contributed by atoms with Gasteiger partial charge in [-0.25, -0.2) is 4.79 Å². The standard InChI is InChI=1S/C11H15NO2/c1-8-4-5-9(2)12(8)11(10(13)14)6-3-7-11/h4-5H,3,6-7H2,1-2H3,(H,13,14). The highest BCUT2D eigenvalue weighted by atomic mass is 16.4. The summed E-state index contributed by atoms with van der Waals surface area (Å²) >= 11 is 0. The number of nitrogens with zero attached hydrogens (tertiary/aromatic N) is 1. The normalized spacial score (nSPS) is 19.0. The minimum atomic E-state index is -0.689. The van der Waals surface area contributed by atoms with Gasteiger partial charge in [0.15, 0.2) is 0 Å². The molecule has 1 aliphatic carbocycles. The second kappa shape index (κ2) is 2.87. The number of hydrogen-bond donors (Lipinski definition) is 1. The zero-order valence-corrected chi connectivity index (χ0v) is 8.58. The number of aromatic nitrogens is 1. The highest BCUT2D eigenvalue weighted by Crippen LogP contribution is 2.41. The third-order valence-electron chi connectivity index (χ3n) is 3.28. The Balaban J connectivity index is 2.51. The van der Waals surface area contributed by atoms with Crippen molar-refractivity contribution in [3.8, 4) is 0 Å². The van der Waals surface area contributed by atoms with Crippen LogP contribution in [0.15, 0.2) is 12.1 Å². The molecular formula is C11H15NO2. The minimum Gasteiger partial charge on any atom is -0.479 e. The van der Waals surface area contributed by atoms with Gasteiger partial charge in [-0.3, -0.25) is 0 Å². The Hall–Kier alpha value is -1.25. The van der Waals surface area contributed by atoms with E-state index in [1.165, 1.54) is 0 Å². The Morgan fingerprint density at radius 2 is 1.86 bits per heavy atom. The van der Waals surface area contributed by atoms with Gasteiger partial charge < -0.3 is 9.67 Å². The smallest absolute Gasteiger partial charge is 0.329 e. The molecule has 0 atom stereocenters. The summed E-state index contributed by atoms with van der Waals surface area (Å²) in [5.41, 5.74) is 1.45. The molecular weight excluding hydrogens is 178 g/mol. The zero-order valence-electron chi connectivity index (χ0n) is 8.58. The van der Waals surface area contributed by atoms with Crippen LogP contribution in [0.2, 0.25) is 0 Å². The van der Waals surface area contributed by atoms with Crippen molar-refractivity contribution >= 4 is 5.97 Å². The first-order chi connectivity index (χ1) is 6.58. The molecule has 1 saturated carbocycles. The van der Waals surface area contributed by atoms with Gasteiger partial charge in [0.05, 0.1) is 0 Å². The lowest BCUT2D eigenvalue weighted by Gasteiger charge is -2.41. The van der Waals surface area contributed by atoms with Crippen LogP contribution in [0.4, 0.5) is 0 Å². The molecule has 0 radical (unpaired) electrons. The van der Waals surface area contributed by atoms with Crippen molar-refractivity contribution in [2.45, 2.75) is 38.6 Å². The molecule has 1 aromatic heterocycles. The molecule has 0 unspecified atom stereocenters. The number of aryl methyl sites for hydroxylation is 2. The first-order valence-corrected chi connectivity index (χ1v) is 4.97. The fourth-order valence-electron chi connectivity index (χ4n) is 2.39. The highest BCUT2D eigenvalue weighted by molar-refractivity contribution is 5.78. The first-order valence-electron chi connectivity index (χ1n) is 4.97. The maximum absolute atomic E-state index is 11.3. The molecule has 76 valence electrons. The van der Waals surface area contributed by atoms with E-state index in [-0.39, 0.29) is 0 Å². The lowest BCUT2D eigenvalue weighted by molar-refractivity contribution is -0.152. The predicted molar refractivity (Wildman–Crippen MR) is 53.4 cm³/mol. The van der Waals surface area contributed by atoms with Crippen LogP contribution in [-0.2, 0) is 10.3 Å². The van der Waals surface area contributed by atoms with E-state index in [1.807, 2.05) is 30.5 Å².